The highest BCUT2D eigenvalue weighted by Crippen LogP contribution is 2.35. The quantitative estimate of drug-likeness (QED) is 0.792. The van der Waals surface area contributed by atoms with Crippen molar-refractivity contribution in [2.75, 3.05) is 0 Å². The second-order valence-electron chi connectivity index (χ2n) is 6.16. The van der Waals surface area contributed by atoms with Gasteiger partial charge in [-0.1, -0.05) is 13.8 Å². The summed E-state index contributed by atoms with van der Waals surface area (Å²) in [6.07, 6.45) is 5.14. The van der Waals surface area contributed by atoms with Crippen LogP contribution < -0.4 is 0 Å². The van der Waals surface area contributed by atoms with Crippen molar-refractivity contribution in [2.45, 2.75) is 40.2 Å². The number of hydrogen-bond donors (Lipinski definition) is 1. The molecule has 0 bridgehead atoms. The fourth-order valence-electron chi connectivity index (χ4n) is 2.96. The summed E-state index contributed by atoms with van der Waals surface area (Å²) in [4.78, 5) is 20.9. The zero-order chi connectivity index (χ0) is 17.4. The third-order valence-electron chi connectivity index (χ3n) is 4.04. The fraction of sp³-hybridized carbons (Fsp3) is 0.333. The molecule has 0 spiro atoms. The molecule has 6 heteroatoms. The van der Waals surface area contributed by atoms with Crippen molar-refractivity contribution < 1.29 is 9.90 Å². The van der Waals surface area contributed by atoms with Gasteiger partial charge in [-0.3, -0.25) is 4.98 Å². The van der Waals surface area contributed by atoms with Crippen LogP contribution in [0.1, 0.15) is 48.3 Å². The molecule has 3 aromatic heterocycles. The van der Waals surface area contributed by atoms with Gasteiger partial charge in [-0.05, 0) is 31.4 Å². The molecule has 1 N–H and O–H groups in total. The molecule has 0 saturated heterocycles. The average molecular weight is 324 g/mol. The molecule has 24 heavy (non-hydrogen) atoms. The zero-order valence-corrected chi connectivity index (χ0v) is 14.2. The first kappa shape index (κ1) is 16.1. The number of aryl methyl sites for hydroxylation is 2. The number of fused-ring (bicyclic) bond motifs is 1. The molecule has 0 saturated carbocycles. The van der Waals surface area contributed by atoms with Crippen molar-refractivity contribution in [1.29, 1.82) is 0 Å². The Labute approximate surface area is 140 Å². The van der Waals surface area contributed by atoms with Crippen LogP contribution in [0.2, 0.25) is 0 Å². The van der Waals surface area contributed by atoms with E-state index in [0.717, 1.165) is 16.5 Å². The summed E-state index contributed by atoms with van der Waals surface area (Å²) >= 11 is 0. The Morgan fingerprint density at radius 3 is 2.62 bits per heavy atom. The molecule has 6 nitrogen and oxygen atoms in total. The van der Waals surface area contributed by atoms with Gasteiger partial charge < -0.3 is 5.11 Å². The molecular weight excluding hydrogens is 304 g/mol. The van der Waals surface area contributed by atoms with Crippen LogP contribution in [0.3, 0.4) is 0 Å². The number of carbonyl (C=O) groups is 1. The van der Waals surface area contributed by atoms with Crippen molar-refractivity contribution >= 4 is 17.0 Å². The Morgan fingerprint density at radius 2 is 2.04 bits per heavy atom. The van der Waals surface area contributed by atoms with Gasteiger partial charge in [-0.15, -0.1) is 0 Å². The first-order valence-corrected chi connectivity index (χ1v) is 7.98. The van der Waals surface area contributed by atoms with Gasteiger partial charge in [0, 0.05) is 35.5 Å². The first-order valence-electron chi connectivity index (χ1n) is 7.98. The summed E-state index contributed by atoms with van der Waals surface area (Å²) in [5, 5.41) is 15.0. The minimum Gasteiger partial charge on any atom is -0.478 e. The Kier molecular flexibility index (Phi) is 4.05. The number of hydrogen-bond acceptors (Lipinski definition) is 4. The first-order chi connectivity index (χ1) is 11.4. The fourth-order valence-corrected chi connectivity index (χ4v) is 2.96. The van der Waals surface area contributed by atoms with E-state index in [9.17, 15) is 9.90 Å². The van der Waals surface area contributed by atoms with Gasteiger partial charge in [0.2, 0.25) is 0 Å². The number of aromatic nitrogens is 4. The Bertz CT molecular complexity index is 928. The molecule has 0 radical (unpaired) electrons. The predicted molar refractivity (Wildman–Crippen MR) is 92.2 cm³/mol. The minimum atomic E-state index is -0.978. The van der Waals surface area contributed by atoms with Gasteiger partial charge in [-0.25, -0.2) is 14.5 Å². The van der Waals surface area contributed by atoms with Crippen LogP contribution in [0.25, 0.3) is 22.2 Å². The molecule has 124 valence electrons. The van der Waals surface area contributed by atoms with E-state index >= 15 is 0 Å². The molecule has 3 aromatic rings. The van der Waals surface area contributed by atoms with Gasteiger partial charge in [0.05, 0.1) is 17.5 Å². The van der Waals surface area contributed by atoms with E-state index in [1.54, 1.807) is 23.3 Å². The lowest BCUT2D eigenvalue weighted by Crippen LogP contribution is -2.11. The van der Waals surface area contributed by atoms with E-state index < -0.39 is 5.97 Å². The summed E-state index contributed by atoms with van der Waals surface area (Å²) in [7, 11) is 0. The standard InChI is InChI=1S/C18H20N4O2/c1-5-22-17-13(9-20-22)14(12-6-11(4)7-19-8-12)15(18(23)24)16(21-17)10(2)3/h6-10H,5H2,1-4H3,(H,23,24). The third-order valence-corrected chi connectivity index (χ3v) is 4.04. The highest BCUT2D eigenvalue weighted by atomic mass is 16.4. The maximum Gasteiger partial charge on any atom is 0.338 e. The van der Waals surface area contributed by atoms with Crippen molar-refractivity contribution in [3.05, 3.63) is 41.5 Å². The van der Waals surface area contributed by atoms with Gasteiger partial charge in [0.1, 0.15) is 0 Å². The maximum absolute atomic E-state index is 12.0. The van der Waals surface area contributed by atoms with Crippen LogP contribution in [0, 0.1) is 6.92 Å². The molecule has 3 rings (SSSR count). The summed E-state index contributed by atoms with van der Waals surface area (Å²) in [6, 6.07) is 1.95. The van der Waals surface area contributed by atoms with Crippen LogP contribution in [0.15, 0.2) is 24.7 Å². The third kappa shape index (κ3) is 2.54. The number of pyridine rings is 2. The lowest BCUT2D eigenvalue weighted by atomic mass is 9.93. The van der Waals surface area contributed by atoms with Gasteiger partial charge >= 0.3 is 5.97 Å². The predicted octanol–water partition coefficient (Wildman–Crippen LogP) is 3.64. The topological polar surface area (TPSA) is 80.9 Å². The normalized spacial score (nSPS) is 11.4. The lowest BCUT2D eigenvalue weighted by Gasteiger charge is -2.15. The zero-order valence-electron chi connectivity index (χ0n) is 14.2. The van der Waals surface area contributed by atoms with Gasteiger partial charge in [0.15, 0.2) is 5.65 Å². The van der Waals surface area contributed by atoms with Crippen molar-refractivity contribution in [3.8, 4) is 11.1 Å². The van der Waals surface area contributed by atoms with E-state index in [1.807, 2.05) is 33.8 Å². The number of carboxylic acids is 1. The van der Waals surface area contributed by atoms with E-state index in [-0.39, 0.29) is 11.5 Å². The molecular formula is C18H20N4O2. The molecule has 0 aliphatic heterocycles. The number of rotatable bonds is 4. The molecule has 0 amide bonds. The summed E-state index contributed by atoms with van der Waals surface area (Å²) in [5.41, 5.74) is 3.91. The van der Waals surface area contributed by atoms with Crippen molar-refractivity contribution in [2.24, 2.45) is 0 Å². The minimum absolute atomic E-state index is 0.0165. The van der Waals surface area contributed by atoms with Crippen molar-refractivity contribution in [1.82, 2.24) is 19.7 Å². The largest absolute Gasteiger partial charge is 0.478 e. The smallest absolute Gasteiger partial charge is 0.338 e. The Morgan fingerprint density at radius 1 is 1.29 bits per heavy atom. The maximum atomic E-state index is 12.0. The Hall–Kier alpha value is -2.76. The molecule has 0 aliphatic carbocycles. The molecule has 3 heterocycles. The van der Waals surface area contributed by atoms with E-state index in [1.165, 1.54) is 0 Å². The van der Waals surface area contributed by atoms with E-state index in [0.29, 0.717) is 23.4 Å². The second kappa shape index (κ2) is 6.03. The van der Waals surface area contributed by atoms with Crippen LogP contribution in [0.4, 0.5) is 0 Å². The van der Waals surface area contributed by atoms with Gasteiger partial charge in [-0.2, -0.15) is 5.10 Å². The van der Waals surface area contributed by atoms with E-state index in [2.05, 4.69) is 15.1 Å². The van der Waals surface area contributed by atoms with Crippen LogP contribution >= 0.6 is 0 Å². The summed E-state index contributed by atoms with van der Waals surface area (Å²) < 4.78 is 1.79. The highest BCUT2D eigenvalue weighted by Gasteiger charge is 2.25. The monoisotopic (exact) mass is 324 g/mol. The molecule has 0 aliphatic rings. The molecule has 0 aromatic carbocycles. The molecule has 0 fully saturated rings. The second-order valence-corrected chi connectivity index (χ2v) is 6.16. The molecule has 0 unspecified atom stereocenters. The number of aromatic carboxylic acids is 1. The summed E-state index contributed by atoms with van der Waals surface area (Å²) in [5.74, 6) is -0.994. The van der Waals surface area contributed by atoms with Gasteiger partial charge in [0.25, 0.3) is 0 Å². The number of carboxylic acid groups (broad SMARTS) is 1. The Balaban J connectivity index is 2.49. The van der Waals surface area contributed by atoms with Crippen LogP contribution in [-0.2, 0) is 6.54 Å². The van der Waals surface area contributed by atoms with E-state index in [4.69, 9.17) is 0 Å². The highest BCUT2D eigenvalue weighted by molar-refractivity contribution is 6.06. The van der Waals surface area contributed by atoms with Crippen LogP contribution in [0.5, 0.6) is 0 Å². The van der Waals surface area contributed by atoms with Crippen molar-refractivity contribution in [3.63, 3.8) is 0 Å². The SMILES string of the molecule is CCn1ncc2c(-c3cncc(C)c3)c(C(=O)O)c(C(C)C)nc21. The molecule has 0 atom stereocenters. The van der Waals surface area contributed by atoms with Crippen LogP contribution in [-0.4, -0.2) is 30.8 Å². The number of nitrogens with zero attached hydrogens (tertiary/aromatic N) is 4. The lowest BCUT2D eigenvalue weighted by molar-refractivity contribution is 0.0695. The summed E-state index contributed by atoms with van der Waals surface area (Å²) in [6.45, 7) is 8.50. The average Bonchev–Trinajstić information content (AvgIpc) is 2.95.